The van der Waals surface area contributed by atoms with Crippen molar-refractivity contribution in [3.63, 3.8) is 0 Å². The molecule has 0 radical (unpaired) electrons. The second-order valence-corrected chi connectivity index (χ2v) is 6.75. The SMILES string of the molecule is CCNC(Cc1ccc(F)c(Br)c1)c1ccc(F)cc1I. The van der Waals surface area contributed by atoms with E-state index in [0.29, 0.717) is 10.9 Å². The summed E-state index contributed by atoms with van der Waals surface area (Å²) in [5, 5.41) is 3.41. The first-order chi connectivity index (χ1) is 10.0. The monoisotopic (exact) mass is 465 g/mol. The highest BCUT2D eigenvalue weighted by Crippen LogP contribution is 2.26. The van der Waals surface area contributed by atoms with Crippen molar-refractivity contribution in [3.05, 3.63) is 67.2 Å². The Kier molecular flexibility index (Phi) is 6.13. The summed E-state index contributed by atoms with van der Waals surface area (Å²) in [6.45, 7) is 2.84. The van der Waals surface area contributed by atoms with Gasteiger partial charge >= 0.3 is 0 Å². The highest BCUT2D eigenvalue weighted by Gasteiger charge is 2.15. The molecule has 0 spiro atoms. The van der Waals surface area contributed by atoms with Crippen LogP contribution in [0.15, 0.2) is 40.9 Å². The number of likely N-dealkylation sites (N-methyl/N-ethyl adjacent to an activating group) is 1. The fourth-order valence-electron chi connectivity index (χ4n) is 2.22. The summed E-state index contributed by atoms with van der Waals surface area (Å²) in [7, 11) is 0. The van der Waals surface area contributed by atoms with E-state index >= 15 is 0 Å². The van der Waals surface area contributed by atoms with Crippen LogP contribution in [0.5, 0.6) is 0 Å². The Bertz CT molecular complexity index is 634. The van der Waals surface area contributed by atoms with E-state index in [1.165, 1.54) is 18.2 Å². The largest absolute Gasteiger partial charge is 0.310 e. The molecule has 1 unspecified atom stereocenters. The van der Waals surface area contributed by atoms with E-state index in [0.717, 1.165) is 21.2 Å². The number of rotatable bonds is 5. The zero-order valence-electron chi connectivity index (χ0n) is 11.5. The summed E-state index contributed by atoms with van der Waals surface area (Å²) in [5.41, 5.74) is 2.08. The molecule has 0 saturated heterocycles. The van der Waals surface area contributed by atoms with E-state index in [1.807, 2.05) is 13.0 Å². The Morgan fingerprint density at radius 1 is 1.19 bits per heavy atom. The van der Waals surface area contributed by atoms with E-state index < -0.39 is 0 Å². The minimum Gasteiger partial charge on any atom is -0.310 e. The van der Waals surface area contributed by atoms with E-state index in [-0.39, 0.29) is 17.7 Å². The highest BCUT2D eigenvalue weighted by molar-refractivity contribution is 14.1. The Hall–Kier alpha value is -0.530. The van der Waals surface area contributed by atoms with Gasteiger partial charge in [-0.15, -0.1) is 0 Å². The van der Waals surface area contributed by atoms with Crippen LogP contribution in [0.25, 0.3) is 0 Å². The standard InChI is InChI=1S/C16H15BrF2IN/c1-2-21-16(12-5-4-11(18)9-15(12)20)8-10-3-6-14(19)13(17)7-10/h3-7,9,16,21H,2,8H2,1H3. The first kappa shape index (κ1) is 16.8. The fourth-order valence-corrected chi connectivity index (χ4v) is 3.50. The van der Waals surface area contributed by atoms with Gasteiger partial charge in [-0.3, -0.25) is 0 Å². The number of benzene rings is 2. The van der Waals surface area contributed by atoms with Crippen molar-refractivity contribution >= 4 is 38.5 Å². The van der Waals surface area contributed by atoms with Crippen molar-refractivity contribution in [2.75, 3.05) is 6.54 Å². The van der Waals surface area contributed by atoms with Crippen LogP contribution in [0, 0.1) is 15.2 Å². The van der Waals surface area contributed by atoms with E-state index in [2.05, 4.69) is 43.8 Å². The molecule has 1 atom stereocenters. The first-order valence-corrected chi connectivity index (χ1v) is 8.50. The maximum absolute atomic E-state index is 13.3. The Balaban J connectivity index is 2.28. The van der Waals surface area contributed by atoms with Gasteiger partial charge in [0, 0.05) is 9.61 Å². The molecular formula is C16H15BrF2IN. The van der Waals surface area contributed by atoms with Crippen LogP contribution in [0.4, 0.5) is 8.78 Å². The summed E-state index contributed by atoms with van der Waals surface area (Å²) < 4.78 is 27.9. The Morgan fingerprint density at radius 2 is 1.95 bits per heavy atom. The summed E-state index contributed by atoms with van der Waals surface area (Å²) in [5.74, 6) is -0.502. The molecule has 1 N–H and O–H groups in total. The van der Waals surface area contributed by atoms with Crippen molar-refractivity contribution < 1.29 is 8.78 Å². The minimum atomic E-state index is -0.268. The smallest absolute Gasteiger partial charge is 0.137 e. The molecule has 21 heavy (non-hydrogen) atoms. The van der Waals surface area contributed by atoms with Crippen LogP contribution >= 0.6 is 38.5 Å². The van der Waals surface area contributed by atoms with Gasteiger partial charge in [-0.05, 0) is 86.9 Å². The summed E-state index contributed by atoms with van der Waals surface area (Å²) in [4.78, 5) is 0. The van der Waals surface area contributed by atoms with Crippen molar-refractivity contribution in [1.82, 2.24) is 5.32 Å². The first-order valence-electron chi connectivity index (χ1n) is 6.63. The second-order valence-electron chi connectivity index (χ2n) is 4.73. The van der Waals surface area contributed by atoms with Crippen molar-refractivity contribution in [2.45, 2.75) is 19.4 Å². The Morgan fingerprint density at radius 3 is 2.57 bits per heavy atom. The molecule has 1 nitrogen and oxygen atoms in total. The summed E-state index contributed by atoms with van der Waals surface area (Å²) in [6, 6.07) is 9.90. The summed E-state index contributed by atoms with van der Waals surface area (Å²) >= 11 is 5.36. The van der Waals surface area contributed by atoms with Crippen LogP contribution in [0.1, 0.15) is 24.1 Å². The van der Waals surface area contributed by atoms with Crippen molar-refractivity contribution in [3.8, 4) is 0 Å². The molecule has 0 bridgehead atoms. The zero-order chi connectivity index (χ0) is 15.4. The summed E-state index contributed by atoms with van der Waals surface area (Å²) in [6.07, 6.45) is 0.717. The lowest BCUT2D eigenvalue weighted by atomic mass is 9.98. The van der Waals surface area contributed by atoms with Crippen LogP contribution < -0.4 is 5.32 Å². The van der Waals surface area contributed by atoms with Gasteiger partial charge < -0.3 is 5.32 Å². The third-order valence-electron chi connectivity index (χ3n) is 3.21. The normalized spacial score (nSPS) is 12.4. The van der Waals surface area contributed by atoms with Crippen LogP contribution in [-0.4, -0.2) is 6.54 Å². The molecule has 0 fully saturated rings. The van der Waals surface area contributed by atoms with E-state index in [1.54, 1.807) is 12.1 Å². The average molecular weight is 466 g/mol. The van der Waals surface area contributed by atoms with E-state index in [4.69, 9.17) is 0 Å². The number of nitrogens with one attached hydrogen (secondary N) is 1. The van der Waals surface area contributed by atoms with Crippen LogP contribution in [-0.2, 0) is 6.42 Å². The molecule has 112 valence electrons. The third-order valence-corrected chi connectivity index (χ3v) is 4.75. The predicted octanol–water partition coefficient (Wildman–Crippen LogP) is 5.23. The quantitative estimate of drug-likeness (QED) is 0.596. The number of halogens is 4. The molecule has 0 aromatic heterocycles. The molecule has 0 aliphatic rings. The van der Waals surface area contributed by atoms with Gasteiger partial charge in [-0.1, -0.05) is 19.1 Å². The predicted molar refractivity (Wildman–Crippen MR) is 93.3 cm³/mol. The maximum Gasteiger partial charge on any atom is 0.137 e. The maximum atomic E-state index is 13.3. The Labute approximate surface area is 145 Å². The highest BCUT2D eigenvalue weighted by atomic mass is 127. The van der Waals surface area contributed by atoms with Crippen LogP contribution in [0.2, 0.25) is 0 Å². The van der Waals surface area contributed by atoms with Gasteiger partial charge in [0.25, 0.3) is 0 Å². The molecule has 2 rings (SSSR count). The molecular weight excluding hydrogens is 451 g/mol. The van der Waals surface area contributed by atoms with Gasteiger partial charge in [-0.25, -0.2) is 8.78 Å². The lowest BCUT2D eigenvalue weighted by Crippen LogP contribution is -2.24. The molecule has 0 saturated carbocycles. The third kappa shape index (κ3) is 4.47. The van der Waals surface area contributed by atoms with E-state index in [9.17, 15) is 8.78 Å². The van der Waals surface area contributed by atoms with Gasteiger partial charge in [0.2, 0.25) is 0 Å². The molecule has 0 heterocycles. The zero-order valence-corrected chi connectivity index (χ0v) is 15.2. The molecule has 5 heteroatoms. The van der Waals surface area contributed by atoms with Crippen molar-refractivity contribution in [2.24, 2.45) is 0 Å². The number of hydrogen-bond donors (Lipinski definition) is 1. The molecule has 0 aliphatic carbocycles. The molecule has 0 amide bonds. The van der Waals surface area contributed by atoms with Gasteiger partial charge in [0.15, 0.2) is 0 Å². The molecule has 2 aromatic rings. The molecule has 2 aromatic carbocycles. The lowest BCUT2D eigenvalue weighted by Gasteiger charge is -2.20. The lowest BCUT2D eigenvalue weighted by molar-refractivity contribution is 0.543. The van der Waals surface area contributed by atoms with Gasteiger partial charge in [0.05, 0.1) is 4.47 Å². The fraction of sp³-hybridized carbons (Fsp3) is 0.250. The van der Waals surface area contributed by atoms with Crippen molar-refractivity contribution in [1.29, 1.82) is 0 Å². The number of hydrogen-bond acceptors (Lipinski definition) is 1. The minimum absolute atomic E-state index is 0.0693. The van der Waals surface area contributed by atoms with Gasteiger partial charge in [0.1, 0.15) is 11.6 Å². The van der Waals surface area contributed by atoms with Gasteiger partial charge in [-0.2, -0.15) is 0 Å². The van der Waals surface area contributed by atoms with Crippen LogP contribution in [0.3, 0.4) is 0 Å². The molecule has 0 aliphatic heterocycles. The average Bonchev–Trinajstić information content (AvgIpc) is 2.42. The second kappa shape index (κ2) is 7.65. The topological polar surface area (TPSA) is 12.0 Å².